The molecule has 0 radical (unpaired) electrons. The van der Waals surface area contributed by atoms with Crippen molar-refractivity contribution in [2.24, 2.45) is 0 Å². The van der Waals surface area contributed by atoms with Crippen LogP contribution in [0.15, 0.2) is 6.20 Å². The van der Waals surface area contributed by atoms with Gasteiger partial charge in [0.2, 0.25) is 0 Å². The maximum Gasteiger partial charge on any atom is 0.254 e. The molecule has 0 aliphatic rings. The van der Waals surface area contributed by atoms with Gasteiger partial charge in [-0.3, -0.25) is 9.48 Å². The molecule has 1 aromatic rings. The van der Waals surface area contributed by atoms with Crippen molar-refractivity contribution in [3.8, 4) is 0 Å². The molecule has 1 aromatic heterocycles. The van der Waals surface area contributed by atoms with E-state index in [-0.39, 0.29) is 17.5 Å². The van der Waals surface area contributed by atoms with Crippen molar-refractivity contribution in [2.75, 3.05) is 13.6 Å². The number of hydrogen-bond donors (Lipinski definition) is 2. The van der Waals surface area contributed by atoms with Gasteiger partial charge in [0, 0.05) is 12.6 Å². The smallest absolute Gasteiger partial charge is 0.254 e. The number of amides is 1. The summed E-state index contributed by atoms with van der Waals surface area (Å²) in [5, 5.41) is 10.4. The van der Waals surface area contributed by atoms with E-state index < -0.39 is 0 Å². The molecule has 5 heteroatoms. The summed E-state index contributed by atoms with van der Waals surface area (Å²) in [5.41, 5.74) is 1.56. The summed E-state index contributed by atoms with van der Waals surface area (Å²) in [6.07, 6.45) is 2.46. The average molecular weight is 266 g/mol. The predicted molar refractivity (Wildman–Crippen MR) is 77.5 cm³/mol. The highest BCUT2D eigenvalue weighted by molar-refractivity contribution is 5.95. The predicted octanol–water partition coefficient (Wildman–Crippen LogP) is 1.54. The molecule has 1 unspecified atom stereocenters. The van der Waals surface area contributed by atoms with Gasteiger partial charge < -0.3 is 10.6 Å². The van der Waals surface area contributed by atoms with Crippen LogP contribution in [-0.2, 0) is 12.0 Å². The molecule has 0 bridgehead atoms. The molecule has 0 saturated heterocycles. The second kappa shape index (κ2) is 6.19. The fraction of sp³-hybridized carbons (Fsp3) is 0.714. The maximum atomic E-state index is 12.2. The molecule has 0 saturated carbocycles. The SMILES string of the molecule is CCc1c(C(=O)NCC(C)NC)cnn1C(C)(C)C. The molecule has 1 rings (SSSR count). The summed E-state index contributed by atoms with van der Waals surface area (Å²) in [6.45, 7) is 10.9. The summed E-state index contributed by atoms with van der Waals surface area (Å²) in [7, 11) is 1.88. The molecule has 1 amide bonds. The van der Waals surface area contributed by atoms with Crippen LogP contribution in [-0.4, -0.2) is 35.3 Å². The standard InChI is InChI=1S/C14H26N4O/c1-7-12-11(9-17-18(12)14(3,4)5)13(19)16-8-10(2)15-6/h9-10,15H,7-8H2,1-6H3,(H,16,19). The monoisotopic (exact) mass is 266 g/mol. The third-order valence-corrected chi connectivity index (χ3v) is 3.15. The zero-order valence-corrected chi connectivity index (χ0v) is 12.9. The van der Waals surface area contributed by atoms with E-state index >= 15 is 0 Å². The van der Waals surface area contributed by atoms with Crippen LogP contribution in [0.4, 0.5) is 0 Å². The highest BCUT2D eigenvalue weighted by atomic mass is 16.1. The second-order valence-corrected chi connectivity index (χ2v) is 5.84. The van der Waals surface area contributed by atoms with Crippen LogP contribution in [0.3, 0.4) is 0 Å². The van der Waals surface area contributed by atoms with E-state index in [1.165, 1.54) is 0 Å². The van der Waals surface area contributed by atoms with Crippen LogP contribution in [0.25, 0.3) is 0 Å². The van der Waals surface area contributed by atoms with E-state index in [1.807, 2.05) is 25.6 Å². The molecule has 1 heterocycles. The van der Waals surface area contributed by atoms with Crippen LogP contribution in [0.2, 0.25) is 0 Å². The first-order valence-corrected chi connectivity index (χ1v) is 6.84. The first-order chi connectivity index (χ1) is 8.81. The molecule has 0 aliphatic carbocycles. The maximum absolute atomic E-state index is 12.2. The number of likely N-dealkylation sites (N-methyl/N-ethyl adjacent to an activating group) is 1. The molecular weight excluding hydrogens is 240 g/mol. The highest BCUT2D eigenvalue weighted by Crippen LogP contribution is 2.19. The Morgan fingerprint density at radius 2 is 2.11 bits per heavy atom. The summed E-state index contributed by atoms with van der Waals surface area (Å²) in [4.78, 5) is 12.2. The topological polar surface area (TPSA) is 59.0 Å². The van der Waals surface area contributed by atoms with Crippen molar-refractivity contribution in [1.82, 2.24) is 20.4 Å². The lowest BCUT2D eigenvalue weighted by Crippen LogP contribution is -2.37. The van der Waals surface area contributed by atoms with Gasteiger partial charge in [0.1, 0.15) is 0 Å². The fourth-order valence-electron chi connectivity index (χ4n) is 1.92. The zero-order chi connectivity index (χ0) is 14.6. The number of carbonyl (C=O) groups excluding carboxylic acids is 1. The minimum absolute atomic E-state index is 0.0468. The Bertz CT molecular complexity index is 431. The van der Waals surface area contributed by atoms with Gasteiger partial charge >= 0.3 is 0 Å². The minimum atomic E-state index is -0.109. The Hall–Kier alpha value is -1.36. The van der Waals surface area contributed by atoms with Crippen LogP contribution < -0.4 is 10.6 Å². The summed E-state index contributed by atoms with van der Waals surface area (Å²) >= 11 is 0. The Balaban J connectivity index is 2.89. The molecular formula is C14H26N4O. The van der Waals surface area contributed by atoms with E-state index in [9.17, 15) is 4.79 Å². The van der Waals surface area contributed by atoms with Crippen LogP contribution >= 0.6 is 0 Å². The lowest BCUT2D eigenvalue weighted by atomic mass is 10.1. The van der Waals surface area contributed by atoms with Gasteiger partial charge in [-0.2, -0.15) is 5.10 Å². The van der Waals surface area contributed by atoms with E-state index in [0.29, 0.717) is 12.1 Å². The van der Waals surface area contributed by atoms with Crippen LogP contribution in [0.5, 0.6) is 0 Å². The zero-order valence-electron chi connectivity index (χ0n) is 12.9. The van der Waals surface area contributed by atoms with Crippen molar-refractivity contribution in [2.45, 2.75) is 52.6 Å². The number of aromatic nitrogens is 2. The number of rotatable bonds is 5. The van der Waals surface area contributed by atoms with Gasteiger partial charge in [-0.1, -0.05) is 6.92 Å². The Morgan fingerprint density at radius 3 is 2.58 bits per heavy atom. The molecule has 0 aromatic carbocycles. The molecule has 19 heavy (non-hydrogen) atoms. The van der Waals surface area contributed by atoms with Crippen molar-refractivity contribution in [3.05, 3.63) is 17.5 Å². The van der Waals surface area contributed by atoms with Crippen molar-refractivity contribution < 1.29 is 4.79 Å². The fourth-order valence-corrected chi connectivity index (χ4v) is 1.92. The summed E-state index contributed by atoms with van der Waals surface area (Å²) < 4.78 is 1.93. The molecule has 2 N–H and O–H groups in total. The third kappa shape index (κ3) is 3.80. The summed E-state index contributed by atoms with van der Waals surface area (Å²) in [5.74, 6) is -0.0468. The van der Waals surface area contributed by atoms with Gasteiger partial charge in [0.05, 0.1) is 23.0 Å². The molecule has 5 nitrogen and oxygen atoms in total. The van der Waals surface area contributed by atoms with Gasteiger partial charge in [-0.15, -0.1) is 0 Å². The molecule has 0 spiro atoms. The van der Waals surface area contributed by atoms with Gasteiger partial charge in [0.15, 0.2) is 0 Å². The molecule has 108 valence electrons. The quantitative estimate of drug-likeness (QED) is 0.850. The van der Waals surface area contributed by atoms with E-state index in [2.05, 4.69) is 36.5 Å². The van der Waals surface area contributed by atoms with Gasteiger partial charge in [-0.25, -0.2) is 0 Å². The van der Waals surface area contributed by atoms with Crippen molar-refractivity contribution >= 4 is 5.91 Å². The van der Waals surface area contributed by atoms with Crippen LogP contribution in [0, 0.1) is 0 Å². The van der Waals surface area contributed by atoms with E-state index in [1.54, 1.807) is 6.20 Å². The Kier molecular flexibility index (Phi) is 5.11. The second-order valence-electron chi connectivity index (χ2n) is 5.84. The summed E-state index contributed by atoms with van der Waals surface area (Å²) in [6, 6.07) is 0.256. The van der Waals surface area contributed by atoms with E-state index in [4.69, 9.17) is 0 Å². The number of nitrogens with zero attached hydrogens (tertiary/aromatic N) is 2. The molecule has 1 atom stereocenters. The van der Waals surface area contributed by atoms with E-state index in [0.717, 1.165) is 12.1 Å². The lowest BCUT2D eigenvalue weighted by molar-refractivity contribution is 0.0949. The number of hydrogen-bond acceptors (Lipinski definition) is 3. The normalized spacial score (nSPS) is 13.4. The number of nitrogens with one attached hydrogen (secondary N) is 2. The largest absolute Gasteiger partial charge is 0.350 e. The average Bonchev–Trinajstić information content (AvgIpc) is 2.78. The highest BCUT2D eigenvalue weighted by Gasteiger charge is 2.22. The molecule has 0 fully saturated rings. The first kappa shape index (κ1) is 15.7. The first-order valence-electron chi connectivity index (χ1n) is 6.84. The minimum Gasteiger partial charge on any atom is -0.350 e. The number of carbonyl (C=O) groups is 1. The van der Waals surface area contributed by atoms with Gasteiger partial charge in [-0.05, 0) is 41.2 Å². The lowest BCUT2D eigenvalue weighted by Gasteiger charge is -2.22. The third-order valence-electron chi connectivity index (χ3n) is 3.15. The van der Waals surface area contributed by atoms with Crippen molar-refractivity contribution in [3.63, 3.8) is 0 Å². The Morgan fingerprint density at radius 1 is 1.47 bits per heavy atom. The van der Waals surface area contributed by atoms with Crippen LogP contribution in [0.1, 0.15) is 50.7 Å². The van der Waals surface area contributed by atoms with Crippen molar-refractivity contribution in [1.29, 1.82) is 0 Å². The molecule has 0 aliphatic heterocycles. The van der Waals surface area contributed by atoms with Gasteiger partial charge in [0.25, 0.3) is 5.91 Å². The Labute approximate surface area is 115 Å².